The highest BCUT2D eigenvalue weighted by Gasteiger charge is 2.36. The smallest absolute Gasteiger partial charge is 0.412 e. The van der Waals surface area contributed by atoms with Gasteiger partial charge in [0.2, 0.25) is 6.17 Å². The standard InChI is InChI=1S/C18H26N2O6/c1-12(2)20(17(24)26-18(3,4)5)14(15(21)22)19-16(23)25-11-13-9-7-6-8-10-13/h6-10,12,14H,11H2,1-5H3,(H,19,23)(H,21,22). The summed E-state index contributed by atoms with van der Waals surface area (Å²) in [6.07, 6.45) is -3.41. The predicted molar refractivity (Wildman–Crippen MR) is 94.4 cm³/mol. The van der Waals surface area contributed by atoms with Crippen molar-refractivity contribution < 1.29 is 29.0 Å². The van der Waals surface area contributed by atoms with Gasteiger partial charge in [-0.1, -0.05) is 30.3 Å². The Labute approximate surface area is 153 Å². The third kappa shape index (κ3) is 7.00. The molecule has 1 unspecified atom stereocenters. The van der Waals surface area contributed by atoms with Crippen molar-refractivity contribution in [3.05, 3.63) is 35.9 Å². The van der Waals surface area contributed by atoms with Crippen LogP contribution >= 0.6 is 0 Å². The monoisotopic (exact) mass is 366 g/mol. The van der Waals surface area contributed by atoms with Crippen LogP contribution in [-0.4, -0.2) is 46.0 Å². The first-order valence-corrected chi connectivity index (χ1v) is 8.22. The number of benzene rings is 1. The highest BCUT2D eigenvalue weighted by molar-refractivity contribution is 5.84. The number of alkyl carbamates (subject to hydrolysis) is 1. The fraction of sp³-hybridized carbons (Fsp3) is 0.500. The van der Waals surface area contributed by atoms with Crippen LogP contribution in [0.1, 0.15) is 40.2 Å². The maximum atomic E-state index is 12.4. The van der Waals surface area contributed by atoms with Gasteiger partial charge in [-0.15, -0.1) is 0 Å². The molecule has 1 rings (SSSR count). The Morgan fingerprint density at radius 1 is 1.15 bits per heavy atom. The zero-order valence-electron chi connectivity index (χ0n) is 15.7. The maximum Gasteiger partial charge on any atom is 0.412 e. The van der Waals surface area contributed by atoms with E-state index in [1.807, 2.05) is 6.07 Å². The van der Waals surface area contributed by atoms with Crippen LogP contribution in [0.3, 0.4) is 0 Å². The van der Waals surface area contributed by atoms with Gasteiger partial charge in [0.25, 0.3) is 0 Å². The molecule has 2 amide bonds. The predicted octanol–water partition coefficient (Wildman–Crippen LogP) is 2.97. The number of rotatable bonds is 6. The van der Waals surface area contributed by atoms with Gasteiger partial charge in [0.15, 0.2) is 0 Å². The van der Waals surface area contributed by atoms with Gasteiger partial charge in [-0.2, -0.15) is 0 Å². The van der Waals surface area contributed by atoms with Crippen molar-refractivity contribution in [1.29, 1.82) is 0 Å². The van der Waals surface area contributed by atoms with Crippen LogP contribution in [0.4, 0.5) is 9.59 Å². The normalized spacial score (nSPS) is 12.2. The summed E-state index contributed by atoms with van der Waals surface area (Å²) in [6, 6.07) is 8.41. The molecule has 26 heavy (non-hydrogen) atoms. The average molecular weight is 366 g/mol. The van der Waals surface area contributed by atoms with Crippen LogP contribution in [0.15, 0.2) is 30.3 Å². The van der Waals surface area contributed by atoms with E-state index in [4.69, 9.17) is 9.47 Å². The van der Waals surface area contributed by atoms with Gasteiger partial charge in [0.05, 0.1) is 0 Å². The Bertz CT molecular complexity index is 624. The molecule has 0 aliphatic heterocycles. The number of aliphatic carboxylic acids is 1. The lowest BCUT2D eigenvalue weighted by Crippen LogP contribution is -2.58. The summed E-state index contributed by atoms with van der Waals surface area (Å²) in [7, 11) is 0. The molecular formula is C18H26N2O6. The first-order chi connectivity index (χ1) is 12.0. The number of hydrogen-bond donors (Lipinski definition) is 2. The van der Waals surface area contributed by atoms with E-state index in [0.717, 1.165) is 10.5 Å². The fourth-order valence-corrected chi connectivity index (χ4v) is 2.06. The summed E-state index contributed by atoms with van der Waals surface area (Å²) >= 11 is 0. The number of carbonyl (C=O) groups is 3. The second kappa shape index (κ2) is 9.07. The minimum absolute atomic E-state index is 0.0207. The zero-order chi connectivity index (χ0) is 19.9. The number of ether oxygens (including phenoxy) is 2. The molecule has 2 N–H and O–H groups in total. The molecule has 0 spiro atoms. The van der Waals surface area contributed by atoms with Crippen molar-refractivity contribution in [3.63, 3.8) is 0 Å². The first-order valence-electron chi connectivity index (χ1n) is 8.22. The van der Waals surface area contributed by atoms with Crippen LogP contribution < -0.4 is 5.32 Å². The highest BCUT2D eigenvalue weighted by Crippen LogP contribution is 2.14. The molecule has 0 heterocycles. The number of carboxylic acid groups (broad SMARTS) is 1. The molecule has 8 nitrogen and oxygen atoms in total. The van der Waals surface area contributed by atoms with Crippen LogP contribution in [0.5, 0.6) is 0 Å². The van der Waals surface area contributed by atoms with Crippen molar-refractivity contribution in [3.8, 4) is 0 Å². The summed E-state index contributed by atoms with van der Waals surface area (Å²) in [4.78, 5) is 36.9. The molecule has 0 aromatic heterocycles. The molecule has 144 valence electrons. The van der Waals surface area contributed by atoms with Crippen molar-refractivity contribution in [2.45, 2.75) is 59.0 Å². The topological polar surface area (TPSA) is 105 Å². The van der Waals surface area contributed by atoms with Crippen molar-refractivity contribution >= 4 is 18.2 Å². The van der Waals surface area contributed by atoms with Gasteiger partial charge >= 0.3 is 18.2 Å². The van der Waals surface area contributed by atoms with Gasteiger partial charge < -0.3 is 14.6 Å². The molecule has 1 aromatic carbocycles. The molecule has 0 saturated carbocycles. The molecule has 8 heteroatoms. The second-order valence-corrected chi connectivity index (χ2v) is 6.93. The summed E-state index contributed by atoms with van der Waals surface area (Å²) in [5, 5.41) is 11.7. The molecule has 1 aromatic rings. The van der Waals surface area contributed by atoms with E-state index in [1.165, 1.54) is 0 Å². The van der Waals surface area contributed by atoms with Crippen LogP contribution in [0.25, 0.3) is 0 Å². The Hall–Kier alpha value is -2.77. The molecule has 0 aliphatic carbocycles. The van der Waals surface area contributed by atoms with Gasteiger partial charge in [-0.05, 0) is 40.2 Å². The lowest BCUT2D eigenvalue weighted by Gasteiger charge is -2.34. The van der Waals surface area contributed by atoms with E-state index in [2.05, 4.69) is 5.32 Å². The van der Waals surface area contributed by atoms with E-state index in [1.54, 1.807) is 58.9 Å². The molecule has 0 saturated heterocycles. The SMILES string of the molecule is CC(C)N(C(=O)OC(C)(C)C)C(NC(=O)OCc1ccccc1)C(=O)O. The summed E-state index contributed by atoms with van der Waals surface area (Å²) in [6.45, 7) is 8.23. The molecule has 0 bridgehead atoms. The average Bonchev–Trinajstić information content (AvgIpc) is 2.51. The van der Waals surface area contributed by atoms with Gasteiger partial charge in [-0.25, -0.2) is 14.4 Å². The van der Waals surface area contributed by atoms with Crippen LogP contribution in [0.2, 0.25) is 0 Å². The molecular weight excluding hydrogens is 340 g/mol. The molecule has 0 radical (unpaired) electrons. The van der Waals surface area contributed by atoms with Crippen LogP contribution in [0, 0.1) is 0 Å². The second-order valence-electron chi connectivity index (χ2n) is 6.93. The third-order valence-corrected chi connectivity index (χ3v) is 3.14. The Morgan fingerprint density at radius 2 is 1.73 bits per heavy atom. The quantitative estimate of drug-likeness (QED) is 0.750. The third-order valence-electron chi connectivity index (χ3n) is 3.14. The van der Waals surface area contributed by atoms with E-state index in [9.17, 15) is 19.5 Å². The lowest BCUT2D eigenvalue weighted by molar-refractivity contribution is -0.145. The number of amides is 2. The minimum atomic E-state index is -1.62. The highest BCUT2D eigenvalue weighted by atomic mass is 16.6. The summed E-state index contributed by atoms with van der Waals surface area (Å²) in [5.74, 6) is -1.40. The first kappa shape index (κ1) is 21.3. The Morgan fingerprint density at radius 3 is 2.19 bits per heavy atom. The number of carbonyl (C=O) groups excluding carboxylic acids is 2. The van der Waals surface area contributed by atoms with E-state index >= 15 is 0 Å². The van der Waals surface area contributed by atoms with Gasteiger partial charge in [0, 0.05) is 6.04 Å². The van der Waals surface area contributed by atoms with Crippen molar-refractivity contribution in [1.82, 2.24) is 10.2 Å². The minimum Gasteiger partial charge on any atom is -0.478 e. The fourth-order valence-electron chi connectivity index (χ4n) is 2.06. The zero-order valence-corrected chi connectivity index (χ0v) is 15.7. The molecule has 0 fully saturated rings. The molecule has 0 aliphatic rings. The summed E-state index contributed by atoms with van der Waals surface area (Å²) < 4.78 is 10.3. The van der Waals surface area contributed by atoms with Gasteiger partial charge in [0.1, 0.15) is 12.2 Å². The molecule has 1 atom stereocenters. The van der Waals surface area contributed by atoms with Crippen molar-refractivity contribution in [2.24, 2.45) is 0 Å². The van der Waals surface area contributed by atoms with E-state index in [0.29, 0.717) is 0 Å². The number of nitrogens with one attached hydrogen (secondary N) is 1. The van der Waals surface area contributed by atoms with E-state index < -0.39 is 36.0 Å². The van der Waals surface area contributed by atoms with Crippen molar-refractivity contribution in [2.75, 3.05) is 0 Å². The number of hydrogen-bond acceptors (Lipinski definition) is 5. The Balaban J connectivity index is 2.82. The lowest BCUT2D eigenvalue weighted by atomic mass is 10.2. The maximum absolute atomic E-state index is 12.4. The Kier molecular flexibility index (Phi) is 7.42. The van der Waals surface area contributed by atoms with Crippen LogP contribution in [-0.2, 0) is 20.9 Å². The summed E-state index contributed by atoms with van der Waals surface area (Å²) in [5.41, 5.74) is -0.0523. The van der Waals surface area contributed by atoms with Gasteiger partial charge in [-0.3, -0.25) is 10.2 Å². The largest absolute Gasteiger partial charge is 0.478 e. The van der Waals surface area contributed by atoms with E-state index in [-0.39, 0.29) is 6.61 Å². The number of carboxylic acids is 1. The number of nitrogens with zero attached hydrogens (tertiary/aromatic N) is 1.